The molecule has 4 nitrogen and oxygen atoms in total. The number of para-hydroxylation sites is 1. The molecule has 26 heavy (non-hydrogen) atoms. The molecule has 1 atom stereocenters. The Morgan fingerprint density at radius 1 is 1.23 bits per heavy atom. The molecule has 0 aliphatic carbocycles. The van der Waals surface area contributed by atoms with Gasteiger partial charge in [-0.05, 0) is 43.2 Å². The van der Waals surface area contributed by atoms with Crippen LogP contribution in [0.15, 0.2) is 48.5 Å². The Morgan fingerprint density at radius 2 is 2.12 bits per heavy atom. The van der Waals surface area contributed by atoms with E-state index in [1.807, 2.05) is 23.1 Å². The molecule has 0 bridgehead atoms. The van der Waals surface area contributed by atoms with Gasteiger partial charge < -0.3 is 9.88 Å². The van der Waals surface area contributed by atoms with Crippen molar-refractivity contribution in [3.05, 3.63) is 65.0 Å². The normalized spacial score (nSPS) is 17.4. The molecule has 4 aromatic rings. The van der Waals surface area contributed by atoms with Gasteiger partial charge in [-0.2, -0.15) is 0 Å². The fraction of sp³-hybridized carbons (Fsp3) is 0.200. The van der Waals surface area contributed by atoms with Gasteiger partial charge in [0.05, 0.1) is 16.3 Å². The minimum atomic E-state index is -0.318. The number of benzene rings is 2. The number of rotatable bonds is 2. The first kappa shape index (κ1) is 15.5. The topological polar surface area (TPSA) is 49.0 Å². The van der Waals surface area contributed by atoms with Crippen molar-refractivity contribution in [1.29, 1.82) is 0 Å². The number of carbonyl (C=O) groups is 1. The van der Waals surface area contributed by atoms with Gasteiger partial charge in [0.15, 0.2) is 0 Å². The van der Waals surface area contributed by atoms with E-state index in [0.717, 1.165) is 28.1 Å². The highest BCUT2D eigenvalue weighted by atomic mass is 32.1. The van der Waals surface area contributed by atoms with Gasteiger partial charge >= 0.3 is 0 Å². The van der Waals surface area contributed by atoms with Crippen molar-refractivity contribution >= 4 is 38.4 Å². The predicted octanol–water partition coefficient (Wildman–Crippen LogP) is 4.89. The van der Waals surface area contributed by atoms with E-state index >= 15 is 0 Å². The van der Waals surface area contributed by atoms with Crippen molar-refractivity contribution < 1.29 is 9.18 Å². The van der Waals surface area contributed by atoms with Crippen LogP contribution in [0.25, 0.3) is 21.1 Å². The summed E-state index contributed by atoms with van der Waals surface area (Å²) in [4.78, 5) is 22.7. The maximum atomic E-state index is 13.9. The van der Waals surface area contributed by atoms with Gasteiger partial charge in [-0.15, -0.1) is 11.3 Å². The van der Waals surface area contributed by atoms with Crippen LogP contribution in [0.2, 0.25) is 0 Å². The van der Waals surface area contributed by atoms with Crippen LogP contribution in [0.3, 0.4) is 0 Å². The number of nitrogens with one attached hydrogen (secondary N) is 1. The van der Waals surface area contributed by atoms with E-state index in [-0.39, 0.29) is 17.8 Å². The molecule has 0 saturated carbocycles. The SMILES string of the molecule is O=C(c1cc2c(F)cccc2[nH]1)N1CCC[C@@H]1c1nc2ccccc2s1. The van der Waals surface area contributed by atoms with E-state index in [0.29, 0.717) is 23.1 Å². The highest BCUT2D eigenvalue weighted by Gasteiger charge is 2.33. The van der Waals surface area contributed by atoms with Crippen molar-refractivity contribution in [2.45, 2.75) is 18.9 Å². The van der Waals surface area contributed by atoms with Crippen LogP contribution >= 0.6 is 11.3 Å². The number of aromatic amines is 1. The van der Waals surface area contributed by atoms with Crippen LogP contribution in [-0.4, -0.2) is 27.3 Å². The predicted molar refractivity (Wildman–Crippen MR) is 101 cm³/mol. The van der Waals surface area contributed by atoms with Crippen LogP contribution < -0.4 is 0 Å². The third-order valence-corrected chi connectivity index (χ3v) is 6.09. The molecule has 1 aliphatic rings. The van der Waals surface area contributed by atoms with Crippen molar-refractivity contribution in [2.24, 2.45) is 0 Å². The third kappa shape index (κ3) is 2.41. The number of H-pyrrole nitrogens is 1. The van der Waals surface area contributed by atoms with Crippen LogP contribution in [0.1, 0.15) is 34.4 Å². The first-order valence-corrected chi connectivity index (χ1v) is 9.46. The van der Waals surface area contributed by atoms with Crippen LogP contribution in [0.5, 0.6) is 0 Å². The lowest BCUT2D eigenvalue weighted by Crippen LogP contribution is -2.30. The van der Waals surface area contributed by atoms with Gasteiger partial charge in [0.2, 0.25) is 0 Å². The Balaban J connectivity index is 1.51. The molecule has 0 spiro atoms. The van der Waals surface area contributed by atoms with E-state index in [9.17, 15) is 9.18 Å². The Hall–Kier alpha value is -2.73. The highest BCUT2D eigenvalue weighted by Crippen LogP contribution is 2.37. The quantitative estimate of drug-likeness (QED) is 0.550. The van der Waals surface area contributed by atoms with E-state index in [2.05, 4.69) is 11.1 Å². The zero-order valence-corrected chi connectivity index (χ0v) is 14.7. The molecule has 1 saturated heterocycles. The number of fused-ring (bicyclic) bond motifs is 2. The van der Waals surface area contributed by atoms with Crippen LogP contribution in [-0.2, 0) is 0 Å². The number of nitrogens with zero attached hydrogens (tertiary/aromatic N) is 2. The van der Waals surface area contributed by atoms with Crippen molar-refractivity contribution in [3.63, 3.8) is 0 Å². The van der Waals surface area contributed by atoms with Crippen LogP contribution in [0, 0.1) is 5.82 Å². The first-order chi connectivity index (χ1) is 12.7. The average molecular weight is 365 g/mol. The summed E-state index contributed by atoms with van der Waals surface area (Å²) < 4.78 is 15.1. The molecular weight excluding hydrogens is 349 g/mol. The Morgan fingerprint density at radius 3 is 2.96 bits per heavy atom. The van der Waals surface area contributed by atoms with Crippen molar-refractivity contribution in [3.8, 4) is 0 Å². The lowest BCUT2D eigenvalue weighted by Gasteiger charge is -2.22. The monoisotopic (exact) mass is 365 g/mol. The maximum Gasteiger partial charge on any atom is 0.270 e. The lowest BCUT2D eigenvalue weighted by atomic mass is 10.2. The molecule has 1 fully saturated rings. The summed E-state index contributed by atoms with van der Waals surface area (Å²) in [6.45, 7) is 0.692. The molecule has 0 unspecified atom stereocenters. The first-order valence-electron chi connectivity index (χ1n) is 8.64. The number of hydrogen-bond acceptors (Lipinski definition) is 3. The molecule has 1 aliphatic heterocycles. The fourth-order valence-corrected chi connectivity index (χ4v) is 4.80. The zero-order chi connectivity index (χ0) is 17.7. The number of thiazole rings is 1. The number of likely N-dealkylation sites (tertiary alicyclic amines) is 1. The second kappa shape index (κ2) is 5.92. The number of halogens is 1. The van der Waals surface area contributed by atoms with E-state index in [4.69, 9.17) is 4.98 Å². The van der Waals surface area contributed by atoms with Gasteiger partial charge in [-0.25, -0.2) is 9.37 Å². The highest BCUT2D eigenvalue weighted by molar-refractivity contribution is 7.18. The molecular formula is C20H16FN3OS. The number of hydrogen-bond donors (Lipinski definition) is 1. The minimum absolute atomic E-state index is 0.0174. The van der Waals surface area contributed by atoms with Gasteiger partial charge in [0.25, 0.3) is 5.91 Å². The Kier molecular flexibility index (Phi) is 3.53. The Bertz CT molecular complexity index is 1100. The second-order valence-electron chi connectivity index (χ2n) is 6.56. The molecule has 2 aromatic carbocycles. The summed E-state index contributed by atoms with van der Waals surface area (Å²) in [5.41, 5.74) is 2.04. The third-order valence-electron chi connectivity index (χ3n) is 4.95. The van der Waals surface area contributed by atoms with Gasteiger partial charge in [-0.3, -0.25) is 4.79 Å². The van der Waals surface area contributed by atoms with E-state index in [1.54, 1.807) is 29.5 Å². The van der Waals surface area contributed by atoms with Crippen molar-refractivity contribution in [2.75, 3.05) is 6.54 Å². The lowest BCUT2D eigenvalue weighted by molar-refractivity contribution is 0.0730. The molecule has 1 amide bonds. The molecule has 130 valence electrons. The summed E-state index contributed by atoms with van der Waals surface area (Å²) in [6, 6.07) is 14.5. The van der Waals surface area contributed by atoms with Gasteiger partial charge in [0.1, 0.15) is 16.5 Å². The average Bonchev–Trinajstić information content (AvgIpc) is 3.37. The molecule has 6 heteroatoms. The maximum absolute atomic E-state index is 13.9. The molecule has 0 radical (unpaired) electrons. The molecule has 5 rings (SSSR count). The number of aromatic nitrogens is 2. The number of carbonyl (C=O) groups excluding carboxylic acids is 1. The van der Waals surface area contributed by atoms with E-state index in [1.165, 1.54) is 6.07 Å². The number of amides is 1. The summed E-state index contributed by atoms with van der Waals surface area (Å²) in [6.07, 6.45) is 1.85. The van der Waals surface area contributed by atoms with Crippen LogP contribution in [0.4, 0.5) is 4.39 Å². The Labute approximate surface area is 153 Å². The molecule has 2 aromatic heterocycles. The smallest absolute Gasteiger partial charge is 0.270 e. The second-order valence-corrected chi connectivity index (χ2v) is 7.62. The minimum Gasteiger partial charge on any atom is -0.350 e. The molecule has 1 N–H and O–H groups in total. The zero-order valence-electron chi connectivity index (χ0n) is 13.9. The summed E-state index contributed by atoms with van der Waals surface area (Å²) in [5.74, 6) is -0.413. The van der Waals surface area contributed by atoms with Crippen molar-refractivity contribution in [1.82, 2.24) is 14.9 Å². The summed E-state index contributed by atoms with van der Waals surface area (Å²) in [7, 11) is 0. The summed E-state index contributed by atoms with van der Waals surface area (Å²) >= 11 is 1.64. The molecule has 3 heterocycles. The fourth-order valence-electron chi connectivity index (χ4n) is 3.69. The summed E-state index contributed by atoms with van der Waals surface area (Å²) in [5, 5.41) is 1.42. The van der Waals surface area contributed by atoms with Gasteiger partial charge in [0, 0.05) is 17.4 Å². The standard InChI is InChI=1S/C20H16FN3OS/c21-13-5-3-7-14-12(13)11-16(22-14)20(25)24-10-4-8-17(24)19-23-15-6-1-2-9-18(15)26-19/h1-3,5-7,9,11,17,22H,4,8,10H2/t17-/m1/s1. The largest absolute Gasteiger partial charge is 0.350 e. The van der Waals surface area contributed by atoms with E-state index < -0.39 is 0 Å². The van der Waals surface area contributed by atoms with Gasteiger partial charge in [-0.1, -0.05) is 18.2 Å².